The van der Waals surface area contributed by atoms with Crippen molar-refractivity contribution in [2.75, 3.05) is 26.9 Å². The van der Waals surface area contributed by atoms with Crippen LogP contribution in [0.25, 0.3) is 0 Å². The molecule has 0 spiro atoms. The second-order valence-corrected chi connectivity index (χ2v) is 8.14. The highest BCUT2D eigenvalue weighted by Crippen LogP contribution is 2.34. The Morgan fingerprint density at radius 2 is 1.89 bits per heavy atom. The molecule has 1 fully saturated rings. The van der Waals surface area contributed by atoms with Gasteiger partial charge in [-0.15, -0.1) is 0 Å². The highest BCUT2D eigenvalue weighted by molar-refractivity contribution is 5.84. The van der Waals surface area contributed by atoms with Gasteiger partial charge in [-0.1, -0.05) is 6.07 Å². The molecule has 2 aliphatic heterocycles. The van der Waals surface area contributed by atoms with E-state index in [4.69, 9.17) is 18.9 Å². The molecule has 1 aromatic carbocycles. The van der Waals surface area contributed by atoms with Gasteiger partial charge in [-0.2, -0.15) is 0 Å². The van der Waals surface area contributed by atoms with Gasteiger partial charge in [0.15, 0.2) is 6.04 Å². The Balaban J connectivity index is 1.82. The van der Waals surface area contributed by atoms with E-state index in [0.29, 0.717) is 26.2 Å². The van der Waals surface area contributed by atoms with Crippen LogP contribution < -0.4 is 4.74 Å². The van der Waals surface area contributed by atoms with Gasteiger partial charge in [-0.05, 0) is 50.5 Å². The van der Waals surface area contributed by atoms with Gasteiger partial charge < -0.3 is 18.9 Å². The van der Waals surface area contributed by atoms with Crippen molar-refractivity contribution in [3.8, 4) is 5.75 Å². The van der Waals surface area contributed by atoms with E-state index in [1.165, 1.54) is 12.0 Å². The zero-order chi connectivity index (χ0) is 20.3. The summed E-state index contributed by atoms with van der Waals surface area (Å²) in [6.07, 6.45) is 1.98. The second kappa shape index (κ2) is 8.39. The zero-order valence-electron chi connectivity index (χ0n) is 17.0. The second-order valence-electron chi connectivity index (χ2n) is 8.14. The third kappa shape index (κ3) is 4.76. The Hall–Kier alpha value is -2.28. The molecule has 154 valence electrons. The van der Waals surface area contributed by atoms with Crippen molar-refractivity contribution in [1.29, 1.82) is 0 Å². The number of amides is 1. The Bertz CT molecular complexity index is 720. The van der Waals surface area contributed by atoms with E-state index < -0.39 is 23.7 Å². The lowest BCUT2D eigenvalue weighted by Crippen LogP contribution is -2.46. The van der Waals surface area contributed by atoms with Crippen molar-refractivity contribution in [3.05, 3.63) is 29.3 Å². The molecule has 7 heteroatoms. The monoisotopic (exact) mass is 391 g/mol. The maximum absolute atomic E-state index is 12.6. The van der Waals surface area contributed by atoms with Crippen LogP contribution in [0.4, 0.5) is 4.79 Å². The van der Waals surface area contributed by atoms with Crippen LogP contribution in [0.2, 0.25) is 0 Å². The summed E-state index contributed by atoms with van der Waals surface area (Å²) in [5.74, 6) is 0.296. The summed E-state index contributed by atoms with van der Waals surface area (Å²) in [7, 11) is 1.33. The van der Waals surface area contributed by atoms with Crippen LogP contribution in [0.15, 0.2) is 18.2 Å². The van der Waals surface area contributed by atoms with Crippen molar-refractivity contribution in [3.63, 3.8) is 0 Å². The quantitative estimate of drug-likeness (QED) is 0.737. The van der Waals surface area contributed by atoms with Crippen LogP contribution in [0.1, 0.15) is 50.8 Å². The molecule has 0 aliphatic carbocycles. The van der Waals surface area contributed by atoms with E-state index in [0.717, 1.165) is 29.7 Å². The average molecular weight is 391 g/mol. The predicted molar refractivity (Wildman–Crippen MR) is 102 cm³/mol. The number of fused-ring (bicyclic) bond motifs is 1. The van der Waals surface area contributed by atoms with Gasteiger partial charge in [0.1, 0.15) is 17.5 Å². The highest BCUT2D eigenvalue weighted by Gasteiger charge is 2.39. The number of hydrogen-bond donors (Lipinski definition) is 0. The molecule has 0 N–H and O–H groups in total. The van der Waals surface area contributed by atoms with Gasteiger partial charge >= 0.3 is 12.1 Å². The predicted octanol–water partition coefficient (Wildman–Crippen LogP) is 3.25. The van der Waals surface area contributed by atoms with Gasteiger partial charge in [0, 0.05) is 19.4 Å². The Kier molecular flexibility index (Phi) is 6.13. The molecule has 0 unspecified atom stereocenters. The minimum atomic E-state index is -0.819. The third-order valence-corrected chi connectivity index (χ3v) is 4.87. The average Bonchev–Trinajstić information content (AvgIpc) is 2.65. The van der Waals surface area contributed by atoms with E-state index in [1.54, 1.807) is 20.8 Å². The van der Waals surface area contributed by atoms with Crippen LogP contribution >= 0.6 is 0 Å². The summed E-state index contributed by atoms with van der Waals surface area (Å²) in [4.78, 5) is 26.6. The fourth-order valence-corrected chi connectivity index (χ4v) is 3.55. The van der Waals surface area contributed by atoms with Crippen LogP contribution in [-0.4, -0.2) is 55.5 Å². The van der Waals surface area contributed by atoms with E-state index in [-0.39, 0.29) is 6.10 Å². The molecule has 0 aromatic heterocycles. The Labute approximate surface area is 165 Å². The summed E-state index contributed by atoms with van der Waals surface area (Å²) in [6, 6.07) is 4.85. The number of esters is 1. The normalized spacial score (nSPS) is 20.3. The molecule has 0 bridgehead atoms. The molecule has 0 saturated carbocycles. The van der Waals surface area contributed by atoms with E-state index in [2.05, 4.69) is 0 Å². The Morgan fingerprint density at radius 1 is 1.18 bits per heavy atom. The first-order valence-electron chi connectivity index (χ1n) is 9.73. The number of benzene rings is 1. The molecule has 1 amide bonds. The lowest BCUT2D eigenvalue weighted by molar-refractivity contribution is -0.147. The number of rotatable bonds is 3. The van der Waals surface area contributed by atoms with E-state index >= 15 is 0 Å². The van der Waals surface area contributed by atoms with Crippen LogP contribution in [0, 0.1) is 0 Å². The lowest BCUT2D eigenvalue weighted by atomic mass is 9.92. The van der Waals surface area contributed by atoms with Crippen LogP contribution in [0.3, 0.4) is 0 Å². The maximum Gasteiger partial charge on any atom is 0.411 e. The van der Waals surface area contributed by atoms with Crippen molar-refractivity contribution in [2.45, 2.75) is 57.8 Å². The smallest absolute Gasteiger partial charge is 0.411 e. The summed E-state index contributed by atoms with van der Waals surface area (Å²) in [5.41, 5.74) is 1.10. The number of carbonyl (C=O) groups is 2. The molecule has 2 heterocycles. The first-order valence-corrected chi connectivity index (χ1v) is 9.73. The summed E-state index contributed by atoms with van der Waals surface area (Å²) in [6.45, 7) is 7.21. The van der Waals surface area contributed by atoms with E-state index in [1.807, 2.05) is 18.2 Å². The number of nitrogens with zero attached hydrogens (tertiary/aromatic N) is 1. The third-order valence-electron chi connectivity index (χ3n) is 4.87. The minimum Gasteiger partial charge on any atom is -0.490 e. The van der Waals surface area contributed by atoms with Crippen LogP contribution in [0.5, 0.6) is 5.75 Å². The van der Waals surface area contributed by atoms with Crippen LogP contribution in [-0.2, 0) is 25.4 Å². The summed E-state index contributed by atoms with van der Waals surface area (Å²) in [5, 5.41) is 0. The van der Waals surface area contributed by atoms with Crippen molar-refractivity contribution in [1.82, 2.24) is 4.90 Å². The van der Waals surface area contributed by atoms with Gasteiger partial charge in [-0.25, -0.2) is 9.59 Å². The molecule has 28 heavy (non-hydrogen) atoms. The highest BCUT2D eigenvalue weighted by atomic mass is 16.6. The Morgan fingerprint density at radius 3 is 2.54 bits per heavy atom. The first kappa shape index (κ1) is 20.5. The molecule has 3 rings (SSSR count). The topological polar surface area (TPSA) is 74.3 Å². The van der Waals surface area contributed by atoms with E-state index in [9.17, 15) is 9.59 Å². The van der Waals surface area contributed by atoms with Crippen molar-refractivity contribution < 1.29 is 28.5 Å². The number of ether oxygens (including phenoxy) is 4. The molecule has 1 atom stereocenters. The standard InChI is InChI=1S/C21H29NO6/c1-21(2,3)28-20(24)22-10-7-14-13-16(27-15-8-11-26-12-9-15)5-6-17(14)18(22)19(23)25-4/h5-6,13,15,18H,7-12H2,1-4H3/t18-/m1/s1. The molecular formula is C21H29NO6. The van der Waals surface area contributed by atoms with Gasteiger partial charge in [-0.3, -0.25) is 4.90 Å². The molecule has 1 aromatic rings. The first-order chi connectivity index (χ1) is 13.3. The largest absolute Gasteiger partial charge is 0.490 e. The van der Waals surface area contributed by atoms with Crippen molar-refractivity contribution >= 4 is 12.1 Å². The molecule has 2 aliphatic rings. The van der Waals surface area contributed by atoms with Gasteiger partial charge in [0.25, 0.3) is 0 Å². The fourth-order valence-electron chi connectivity index (χ4n) is 3.55. The number of carbonyl (C=O) groups excluding carboxylic acids is 2. The number of hydrogen-bond acceptors (Lipinski definition) is 6. The molecule has 1 saturated heterocycles. The van der Waals surface area contributed by atoms with Gasteiger partial charge in [0.05, 0.1) is 20.3 Å². The zero-order valence-corrected chi connectivity index (χ0v) is 17.0. The summed E-state index contributed by atoms with van der Waals surface area (Å²) >= 11 is 0. The molecular weight excluding hydrogens is 362 g/mol. The summed E-state index contributed by atoms with van der Waals surface area (Å²) < 4.78 is 21.9. The lowest BCUT2D eigenvalue weighted by Gasteiger charge is -2.36. The van der Waals surface area contributed by atoms with Gasteiger partial charge in [0.2, 0.25) is 0 Å². The van der Waals surface area contributed by atoms with Crippen molar-refractivity contribution in [2.24, 2.45) is 0 Å². The number of methoxy groups -OCH3 is 1. The minimum absolute atomic E-state index is 0.144. The molecule has 0 radical (unpaired) electrons. The molecule has 7 nitrogen and oxygen atoms in total. The maximum atomic E-state index is 12.6. The fraction of sp³-hybridized carbons (Fsp3) is 0.619. The SMILES string of the molecule is COC(=O)[C@H]1c2ccc(OC3CCOCC3)cc2CCN1C(=O)OC(C)(C)C.